The first-order chi connectivity index (χ1) is 7.59. The Morgan fingerprint density at radius 3 is 2.94 bits per heavy atom. The lowest BCUT2D eigenvalue weighted by molar-refractivity contribution is 0.0694. The fraction of sp³-hybridized carbons (Fsp3) is 0.500. The molecule has 1 aromatic rings. The molecule has 0 aromatic carbocycles. The second-order valence-electron chi connectivity index (χ2n) is 4.42. The van der Waals surface area contributed by atoms with Crippen molar-refractivity contribution in [1.29, 1.82) is 0 Å². The number of carboxylic acid groups (broad SMARTS) is 1. The van der Waals surface area contributed by atoms with Crippen molar-refractivity contribution in [2.45, 2.75) is 32.6 Å². The molecule has 4 heteroatoms. The summed E-state index contributed by atoms with van der Waals surface area (Å²) in [6.45, 7) is 4.85. The Hall–Kier alpha value is -1.58. The van der Waals surface area contributed by atoms with Gasteiger partial charge in [0, 0.05) is 6.54 Å². The summed E-state index contributed by atoms with van der Waals surface area (Å²) in [5.41, 5.74) is 2.03. The molecule has 2 N–H and O–H groups in total. The van der Waals surface area contributed by atoms with E-state index in [0.717, 1.165) is 30.8 Å². The van der Waals surface area contributed by atoms with Crippen LogP contribution < -0.4 is 5.32 Å². The van der Waals surface area contributed by atoms with Gasteiger partial charge >= 0.3 is 5.97 Å². The maximum atomic E-state index is 11.2. The van der Waals surface area contributed by atoms with Crippen LogP contribution >= 0.6 is 0 Å². The predicted molar refractivity (Wildman–Crippen MR) is 62.1 cm³/mol. The van der Waals surface area contributed by atoms with E-state index in [0.29, 0.717) is 11.3 Å². The Morgan fingerprint density at radius 2 is 2.31 bits per heavy atom. The molecule has 4 nitrogen and oxygen atoms in total. The lowest BCUT2D eigenvalue weighted by atomic mass is 9.98. The van der Waals surface area contributed by atoms with Gasteiger partial charge in [-0.15, -0.1) is 0 Å². The summed E-state index contributed by atoms with van der Waals surface area (Å²) < 4.78 is 0. The summed E-state index contributed by atoms with van der Waals surface area (Å²) in [4.78, 5) is 15.6. The number of pyridine rings is 1. The molecule has 0 bridgehead atoms. The lowest BCUT2D eigenvalue weighted by Crippen LogP contribution is -2.17. The maximum Gasteiger partial charge on any atom is 0.337 e. The van der Waals surface area contributed by atoms with Crippen LogP contribution in [-0.2, 0) is 6.42 Å². The number of carbonyl (C=O) groups is 1. The van der Waals surface area contributed by atoms with E-state index in [1.54, 1.807) is 6.07 Å². The number of anilines is 1. The number of aryl methyl sites for hydroxylation is 1. The number of nitrogens with one attached hydrogen (secondary N) is 1. The van der Waals surface area contributed by atoms with Gasteiger partial charge in [-0.3, -0.25) is 0 Å². The SMILES string of the molecule is CC(C)c1nc2c(cc1C(=O)O)CCCN2. The first-order valence-electron chi connectivity index (χ1n) is 5.60. The quantitative estimate of drug-likeness (QED) is 0.802. The van der Waals surface area contributed by atoms with Crippen LogP contribution in [0.3, 0.4) is 0 Å². The molecule has 0 saturated carbocycles. The fourth-order valence-corrected chi connectivity index (χ4v) is 2.01. The van der Waals surface area contributed by atoms with Crippen LogP contribution in [0, 0.1) is 0 Å². The number of aromatic carboxylic acids is 1. The van der Waals surface area contributed by atoms with Gasteiger partial charge in [0.05, 0.1) is 11.3 Å². The number of hydrogen-bond donors (Lipinski definition) is 2. The minimum atomic E-state index is -0.885. The summed E-state index contributed by atoms with van der Waals surface area (Å²) in [7, 11) is 0. The number of nitrogens with zero attached hydrogens (tertiary/aromatic N) is 1. The third kappa shape index (κ3) is 1.87. The van der Waals surface area contributed by atoms with Crippen LogP contribution in [0.15, 0.2) is 6.07 Å². The van der Waals surface area contributed by atoms with E-state index in [9.17, 15) is 4.79 Å². The number of aromatic nitrogens is 1. The molecule has 0 atom stereocenters. The smallest absolute Gasteiger partial charge is 0.337 e. The molecule has 0 saturated heterocycles. The number of hydrogen-bond acceptors (Lipinski definition) is 3. The van der Waals surface area contributed by atoms with Crippen LogP contribution in [0.1, 0.15) is 47.8 Å². The zero-order valence-corrected chi connectivity index (χ0v) is 9.58. The van der Waals surface area contributed by atoms with Gasteiger partial charge in [-0.2, -0.15) is 0 Å². The maximum absolute atomic E-state index is 11.2. The standard InChI is InChI=1S/C12H16N2O2/c1-7(2)10-9(12(15)16)6-8-4-3-5-13-11(8)14-10/h6-7H,3-5H2,1-2H3,(H,13,14)(H,15,16). The van der Waals surface area contributed by atoms with E-state index >= 15 is 0 Å². The molecule has 0 amide bonds. The number of rotatable bonds is 2. The predicted octanol–water partition coefficient (Wildman–Crippen LogP) is 2.26. The minimum absolute atomic E-state index is 0.125. The van der Waals surface area contributed by atoms with E-state index in [1.165, 1.54) is 0 Å². The molecule has 86 valence electrons. The van der Waals surface area contributed by atoms with Crippen molar-refractivity contribution in [2.75, 3.05) is 11.9 Å². The normalized spacial score (nSPS) is 14.4. The Balaban J connectivity index is 2.54. The van der Waals surface area contributed by atoms with Crippen LogP contribution in [-0.4, -0.2) is 22.6 Å². The lowest BCUT2D eigenvalue weighted by Gasteiger charge is -2.20. The van der Waals surface area contributed by atoms with Crippen molar-refractivity contribution in [1.82, 2.24) is 4.98 Å². The highest BCUT2D eigenvalue weighted by Gasteiger charge is 2.19. The summed E-state index contributed by atoms with van der Waals surface area (Å²) in [5, 5.41) is 12.4. The second-order valence-corrected chi connectivity index (χ2v) is 4.42. The van der Waals surface area contributed by atoms with Crippen molar-refractivity contribution in [3.8, 4) is 0 Å². The molecule has 0 fully saturated rings. The van der Waals surface area contributed by atoms with Gasteiger partial charge in [0.1, 0.15) is 5.82 Å². The van der Waals surface area contributed by atoms with Crippen LogP contribution in [0.2, 0.25) is 0 Å². The molecular formula is C12H16N2O2. The molecule has 0 radical (unpaired) electrons. The van der Waals surface area contributed by atoms with Gasteiger partial charge in [0.2, 0.25) is 0 Å². The molecule has 0 aliphatic carbocycles. The monoisotopic (exact) mass is 220 g/mol. The van der Waals surface area contributed by atoms with Crippen molar-refractivity contribution < 1.29 is 9.90 Å². The Kier molecular flexibility index (Phi) is 2.81. The van der Waals surface area contributed by atoms with Gasteiger partial charge < -0.3 is 10.4 Å². The summed E-state index contributed by atoms with van der Waals surface area (Å²) in [6, 6.07) is 1.77. The molecule has 1 aromatic heterocycles. The largest absolute Gasteiger partial charge is 0.478 e. The molecular weight excluding hydrogens is 204 g/mol. The fourth-order valence-electron chi connectivity index (χ4n) is 2.01. The zero-order chi connectivity index (χ0) is 11.7. The van der Waals surface area contributed by atoms with Crippen molar-refractivity contribution in [3.63, 3.8) is 0 Å². The Morgan fingerprint density at radius 1 is 1.56 bits per heavy atom. The first kappa shape index (κ1) is 10.9. The van der Waals surface area contributed by atoms with Crippen LogP contribution in [0.25, 0.3) is 0 Å². The Labute approximate surface area is 94.7 Å². The zero-order valence-electron chi connectivity index (χ0n) is 9.58. The third-order valence-electron chi connectivity index (χ3n) is 2.82. The number of carboxylic acids is 1. The van der Waals surface area contributed by atoms with Gasteiger partial charge in [-0.1, -0.05) is 13.8 Å². The van der Waals surface area contributed by atoms with Crippen LogP contribution in [0.5, 0.6) is 0 Å². The summed E-state index contributed by atoms with van der Waals surface area (Å²) >= 11 is 0. The van der Waals surface area contributed by atoms with E-state index in [-0.39, 0.29) is 5.92 Å². The molecule has 1 aliphatic heterocycles. The Bertz CT molecular complexity index is 427. The van der Waals surface area contributed by atoms with E-state index in [1.807, 2.05) is 13.8 Å². The first-order valence-corrected chi connectivity index (χ1v) is 5.60. The highest BCUT2D eigenvalue weighted by atomic mass is 16.4. The van der Waals surface area contributed by atoms with Gasteiger partial charge in [-0.05, 0) is 30.4 Å². The average molecular weight is 220 g/mol. The van der Waals surface area contributed by atoms with Crippen molar-refractivity contribution in [3.05, 3.63) is 22.9 Å². The summed E-state index contributed by atoms with van der Waals surface area (Å²) in [6.07, 6.45) is 1.95. The highest BCUT2D eigenvalue weighted by Crippen LogP contribution is 2.26. The molecule has 16 heavy (non-hydrogen) atoms. The molecule has 0 spiro atoms. The number of fused-ring (bicyclic) bond motifs is 1. The van der Waals surface area contributed by atoms with E-state index in [4.69, 9.17) is 5.11 Å². The van der Waals surface area contributed by atoms with Gasteiger partial charge in [0.15, 0.2) is 0 Å². The van der Waals surface area contributed by atoms with Gasteiger partial charge in [-0.25, -0.2) is 9.78 Å². The molecule has 2 rings (SSSR count). The average Bonchev–Trinajstić information content (AvgIpc) is 2.27. The highest BCUT2D eigenvalue weighted by molar-refractivity contribution is 5.89. The topological polar surface area (TPSA) is 62.2 Å². The van der Waals surface area contributed by atoms with Gasteiger partial charge in [0.25, 0.3) is 0 Å². The summed E-state index contributed by atoms with van der Waals surface area (Å²) in [5.74, 6) is 0.102. The molecule has 2 heterocycles. The molecule has 1 aliphatic rings. The van der Waals surface area contributed by atoms with Crippen molar-refractivity contribution >= 4 is 11.8 Å². The van der Waals surface area contributed by atoms with E-state index in [2.05, 4.69) is 10.3 Å². The van der Waals surface area contributed by atoms with Crippen LogP contribution in [0.4, 0.5) is 5.82 Å². The minimum Gasteiger partial charge on any atom is -0.478 e. The molecule has 0 unspecified atom stereocenters. The second kappa shape index (κ2) is 4.12. The van der Waals surface area contributed by atoms with Crippen molar-refractivity contribution in [2.24, 2.45) is 0 Å². The van der Waals surface area contributed by atoms with E-state index < -0.39 is 5.97 Å². The third-order valence-corrected chi connectivity index (χ3v) is 2.82.